The second-order valence-corrected chi connectivity index (χ2v) is 7.57. The molecule has 0 saturated heterocycles. The summed E-state index contributed by atoms with van der Waals surface area (Å²) in [4.78, 5) is 25.6. The monoisotopic (exact) mass is 386 g/mol. The molecule has 0 fully saturated rings. The maximum Gasteiger partial charge on any atom is 0.407 e. The molecule has 28 heavy (non-hydrogen) atoms. The molecule has 150 valence electrons. The van der Waals surface area contributed by atoms with Gasteiger partial charge in [0.1, 0.15) is 17.9 Å². The SMILES string of the molecule is CC(C)(C)NC(=O)OCCCn1c(CON)nc2c(N)nc3ccccc3c21. The van der Waals surface area contributed by atoms with E-state index in [2.05, 4.69) is 15.3 Å². The fourth-order valence-electron chi connectivity index (χ4n) is 3.06. The lowest BCUT2D eigenvalue weighted by Gasteiger charge is -2.20. The predicted molar refractivity (Wildman–Crippen MR) is 107 cm³/mol. The Morgan fingerprint density at radius 2 is 2.00 bits per heavy atom. The van der Waals surface area contributed by atoms with Gasteiger partial charge in [0.2, 0.25) is 0 Å². The van der Waals surface area contributed by atoms with Crippen molar-refractivity contribution in [2.75, 3.05) is 12.3 Å². The Balaban J connectivity index is 1.85. The van der Waals surface area contributed by atoms with Crippen LogP contribution >= 0.6 is 0 Å². The molecule has 0 radical (unpaired) electrons. The normalized spacial score (nSPS) is 11.9. The molecule has 0 unspecified atom stereocenters. The van der Waals surface area contributed by atoms with Crippen molar-refractivity contribution >= 4 is 33.8 Å². The third kappa shape index (κ3) is 4.32. The van der Waals surface area contributed by atoms with E-state index >= 15 is 0 Å². The van der Waals surface area contributed by atoms with Crippen LogP contribution in [0.1, 0.15) is 33.0 Å². The maximum atomic E-state index is 11.8. The van der Waals surface area contributed by atoms with Crippen molar-refractivity contribution in [1.29, 1.82) is 0 Å². The number of hydrogen-bond donors (Lipinski definition) is 3. The molecule has 1 aromatic carbocycles. The highest BCUT2D eigenvalue weighted by Crippen LogP contribution is 2.29. The number of nitrogens with two attached hydrogens (primary N) is 2. The number of nitrogen functional groups attached to an aromatic ring is 1. The minimum atomic E-state index is -0.438. The van der Waals surface area contributed by atoms with E-state index in [4.69, 9.17) is 21.2 Å². The van der Waals surface area contributed by atoms with E-state index in [9.17, 15) is 4.79 Å². The summed E-state index contributed by atoms with van der Waals surface area (Å²) in [6, 6.07) is 7.73. The molecule has 9 heteroatoms. The molecule has 3 rings (SSSR count). The first-order valence-electron chi connectivity index (χ1n) is 9.10. The van der Waals surface area contributed by atoms with Gasteiger partial charge in [-0.1, -0.05) is 18.2 Å². The van der Waals surface area contributed by atoms with Crippen LogP contribution in [0.25, 0.3) is 21.9 Å². The van der Waals surface area contributed by atoms with Gasteiger partial charge in [-0.05, 0) is 33.3 Å². The minimum Gasteiger partial charge on any atom is -0.449 e. The van der Waals surface area contributed by atoms with Crippen LogP contribution in [0.15, 0.2) is 24.3 Å². The number of aromatic nitrogens is 3. The number of amides is 1. The first-order valence-corrected chi connectivity index (χ1v) is 9.10. The number of benzene rings is 1. The number of anilines is 1. The van der Waals surface area contributed by atoms with E-state index in [1.165, 1.54) is 0 Å². The largest absolute Gasteiger partial charge is 0.449 e. The number of nitrogens with zero attached hydrogens (tertiary/aromatic N) is 3. The molecule has 0 spiro atoms. The third-order valence-electron chi connectivity index (χ3n) is 4.14. The number of aryl methyl sites for hydroxylation is 1. The Kier molecular flexibility index (Phi) is 5.66. The highest BCUT2D eigenvalue weighted by molar-refractivity contribution is 6.06. The standard InChI is InChI=1S/C19H26N6O3/c1-19(2,3)24-18(26)27-10-6-9-25-14(11-28-21)23-15-16(25)12-7-4-5-8-13(12)22-17(15)20/h4-5,7-8H,6,9-11,21H2,1-3H3,(H2,20,22)(H,24,26). The van der Waals surface area contributed by atoms with Gasteiger partial charge in [-0.2, -0.15) is 0 Å². The number of fused-ring (bicyclic) bond motifs is 3. The lowest BCUT2D eigenvalue weighted by Crippen LogP contribution is -2.41. The molecule has 0 saturated carbocycles. The van der Waals surface area contributed by atoms with Gasteiger partial charge in [-0.15, -0.1) is 0 Å². The van der Waals surface area contributed by atoms with Gasteiger partial charge in [-0.3, -0.25) is 4.84 Å². The van der Waals surface area contributed by atoms with Gasteiger partial charge in [-0.25, -0.2) is 20.7 Å². The van der Waals surface area contributed by atoms with Crippen molar-refractivity contribution in [3.05, 3.63) is 30.1 Å². The summed E-state index contributed by atoms with van der Waals surface area (Å²) < 4.78 is 7.26. The van der Waals surface area contributed by atoms with Gasteiger partial charge in [0, 0.05) is 17.5 Å². The van der Waals surface area contributed by atoms with Crippen molar-refractivity contribution in [1.82, 2.24) is 19.9 Å². The van der Waals surface area contributed by atoms with Crippen LogP contribution in [0, 0.1) is 0 Å². The number of para-hydroxylation sites is 1. The first-order chi connectivity index (χ1) is 13.3. The van der Waals surface area contributed by atoms with E-state index in [0.29, 0.717) is 30.1 Å². The summed E-state index contributed by atoms with van der Waals surface area (Å²) >= 11 is 0. The van der Waals surface area contributed by atoms with Crippen LogP contribution in [-0.4, -0.2) is 32.8 Å². The van der Waals surface area contributed by atoms with Crippen LogP contribution < -0.4 is 16.9 Å². The molecule has 3 aromatic rings. The Morgan fingerprint density at radius 1 is 1.25 bits per heavy atom. The summed E-state index contributed by atoms with van der Waals surface area (Å²) in [5, 5.41) is 3.70. The van der Waals surface area contributed by atoms with E-state index in [-0.39, 0.29) is 18.8 Å². The number of nitrogens with one attached hydrogen (secondary N) is 1. The minimum absolute atomic E-state index is 0.133. The molecule has 0 bridgehead atoms. The second kappa shape index (κ2) is 7.99. The van der Waals surface area contributed by atoms with Gasteiger partial charge in [0.05, 0.1) is 17.6 Å². The van der Waals surface area contributed by atoms with Crippen LogP contribution in [0.5, 0.6) is 0 Å². The van der Waals surface area contributed by atoms with E-state index in [1.807, 2.05) is 49.6 Å². The molecule has 0 aliphatic rings. The average Bonchev–Trinajstić information content (AvgIpc) is 2.97. The molecule has 9 nitrogen and oxygen atoms in total. The molecular weight excluding hydrogens is 360 g/mol. The fourth-order valence-corrected chi connectivity index (χ4v) is 3.06. The molecule has 0 aliphatic carbocycles. The smallest absolute Gasteiger partial charge is 0.407 e. The topological polar surface area (TPSA) is 130 Å². The number of rotatable bonds is 6. The molecule has 5 N–H and O–H groups in total. The van der Waals surface area contributed by atoms with Gasteiger partial charge < -0.3 is 20.4 Å². The van der Waals surface area contributed by atoms with Crippen LogP contribution in [0.4, 0.5) is 10.6 Å². The summed E-state index contributed by atoms with van der Waals surface area (Å²) in [7, 11) is 0. The van der Waals surface area contributed by atoms with Gasteiger partial charge >= 0.3 is 6.09 Å². The van der Waals surface area contributed by atoms with Crippen LogP contribution in [0.2, 0.25) is 0 Å². The first kappa shape index (κ1) is 19.8. The Hall–Kier alpha value is -2.91. The number of ether oxygens (including phenoxy) is 1. The maximum absolute atomic E-state index is 11.8. The Labute approximate surface area is 163 Å². The molecule has 2 aromatic heterocycles. The van der Waals surface area contributed by atoms with Gasteiger partial charge in [0.15, 0.2) is 5.82 Å². The van der Waals surface area contributed by atoms with Crippen molar-refractivity contribution in [3.8, 4) is 0 Å². The Morgan fingerprint density at radius 3 is 2.71 bits per heavy atom. The van der Waals surface area contributed by atoms with Gasteiger partial charge in [0.25, 0.3) is 0 Å². The van der Waals surface area contributed by atoms with Crippen molar-refractivity contribution in [3.63, 3.8) is 0 Å². The molecule has 0 atom stereocenters. The quantitative estimate of drug-likeness (QED) is 0.438. The van der Waals surface area contributed by atoms with Crippen LogP contribution in [0.3, 0.4) is 0 Å². The van der Waals surface area contributed by atoms with Crippen molar-refractivity contribution < 1.29 is 14.4 Å². The highest BCUT2D eigenvalue weighted by Gasteiger charge is 2.18. The molecular formula is C19H26N6O3. The predicted octanol–water partition coefficient (Wildman–Crippen LogP) is 2.47. The molecule has 2 heterocycles. The molecule has 1 amide bonds. The zero-order chi connectivity index (χ0) is 20.3. The zero-order valence-electron chi connectivity index (χ0n) is 16.4. The third-order valence-corrected chi connectivity index (χ3v) is 4.14. The number of imidazole rings is 1. The second-order valence-electron chi connectivity index (χ2n) is 7.57. The fraction of sp³-hybridized carbons (Fsp3) is 0.421. The number of pyridine rings is 1. The van der Waals surface area contributed by atoms with E-state index < -0.39 is 6.09 Å². The number of carbonyl (C=O) groups is 1. The average molecular weight is 386 g/mol. The molecule has 0 aliphatic heterocycles. The number of carbonyl (C=O) groups excluding carboxylic acids is 1. The zero-order valence-corrected chi connectivity index (χ0v) is 16.4. The van der Waals surface area contributed by atoms with E-state index in [0.717, 1.165) is 16.4 Å². The number of hydrogen-bond acceptors (Lipinski definition) is 7. The summed E-state index contributed by atoms with van der Waals surface area (Å²) in [5.41, 5.74) is 8.04. The van der Waals surface area contributed by atoms with E-state index in [1.54, 1.807) is 0 Å². The van der Waals surface area contributed by atoms with Crippen LogP contribution in [-0.2, 0) is 22.7 Å². The van der Waals surface area contributed by atoms with Crippen molar-refractivity contribution in [2.24, 2.45) is 5.90 Å². The lowest BCUT2D eigenvalue weighted by atomic mass is 10.1. The summed E-state index contributed by atoms with van der Waals surface area (Å²) in [5.74, 6) is 6.27. The highest BCUT2D eigenvalue weighted by atomic mass is 16.6. The lowest BCUT2D eigenvalue weighted by molar-refractivity contribution is 0.115. The Bertz CT molecular complexity index is 993. The number of alkyl carbamates (subject to hydrolysis) is 1. The summed E-state index contributed by atoms with van der Waals surface area (Å²) in [6.45, 7) is 6.65. The summed E-state index contributed by atoms with van der Waals surface area (Å²) in [6.07, 6.45) is 0.157. The van der Waals surface area contributed by atoms with Crippen molar-refractivity contribution in [2.45, 2.75) is 45.9 Å².